The van der Waals surface area contributed by atoms with Crippen LogP contribution in [-0.2, 0) is 25.0 Å². The van der Waals surface area contributed by atoms with Gasteiger partial charge in [0, 0.05) is 60.2 Å². The van der Waals surface area contributed by atoms with Gasteiger partial charge in [-0.05, 0) is 59.9 Å². The van der Waals surface area contributed by atoms with Crippen molar-refractivity contribution in [2.24, 2.45) is 0 Å². The minimum atomic E-state index is -3.66. The van der Waals surface area contributed by atoms with E-state index in [1.807, 2.05) is 45.0 Å². The van der Waals surface area contributed by atoms with Crippen molar-refractivity contribution in [3.63, 3.8) is 0 Å². The Hall–Kier alpha value is -6.53. The number of methoxy groups -OCH3 is 2. The first-order chi connectivity index (χ1) is 29.0. The van der Waals surface area contributed by atoms with Crippen LogP contribution in [0.1, 0.15) is 43.1 Å². The number of benzene rings is 4. The molecular formula is C43H47N7O9S2. The molecule has 16 nitrogen and oxygen atoms in total. The van der Waals surface area contributed by atoms with Gasteiger partial charge in [0.1, 0.15) is 23.1 Å². The zero-order valence-corrected chi connectivity index (χ0v) is 36.1. The number of carbonyl (C=O) groups is 4. The molecule has 18 heteroatoms. The van der Waals surface area contributed by atoms with E-state index in [0.717, 1.165) is 23.6 Å². The lowest BCUT2D eigenvalue weighted by Gasteiger charge is -2.25. The van der Waals surface area contributed by atoms with Crippen LogP contribution in [0.4, 0.5) is 33.4 Å². The fourth-order valence-corrected chi connectivity index (χ4v) is 7.79. The van der Waals surface area contributed by atoms with Gasteiger partial charge in [0.15, 0.2) is 5.75 Å². The van der Waals surface area contributed by atoms with Gasteiger partial charge in [-0.3, -0.25) is 19.1 Å². The molecule has 6 rings (SSSR count). The van der Waals surface area contributed by atoms with Gasteiger partial charge in [-0.1, -0.05) is 56.8 Å². The SMILES string of the molecule is COc1cc(Nc2cc(Oc3ccc(NC(=O)Nc4cc(C(C)(C)C)cc(NS(C)(=O)=O)c4OC)c4ccccc34)ccn2)ccc1C(=O)NCCCN1CCSC(=O)C1=O. The second kappa shape index (κ2) is 18.8. The summed E-state index contributed by atoms with van der Waals surface area (Å²) >= 11 is 1.03. The quantitative estimate of drug-likeness (QED) is 0.0518. The Bertz CT molecular complexity index is 2600. The largest absolute Gasteiger partial charge is 0.496 e. The molecule has 0 unspecified atom stereocenters. The lowest BCUT2D eigenvalue weighted by molar-refractivity contribution is -0.140. The molecule has 0 radical (unpaired) electrons. The molecule has 61 heavy (non-hydrogen) atoms. The van der Waals surface area contributed by atoms with Crippen molar-refractivity contribution in [3.8, 4) is 23.0 Å². The number of carbonyl (C=O) groups excluding carboxylic acids is 4. The van der Waals surface area contributed by atoms with Gasteiger partial charge in [0.05, 0.1) is 43.1 Å². The predicted molar refractivity (Wildman–Crippen MR) is 238 cm³/mol. The number of fused-ring (bicyclic) bond motifs is 1. The first kappa shape index (κ1) is 44.0. The molecule has 1 aromatic heterocycles. The number of nitrogens with zero attached hydrogens (tertiary/aromatic N) is 2. The number of amides is 4. The lowest BCUT2D eigenvalue weighted by Crippen LogP contribution is -2.42. The third-order valence-electron chi connectivity index (χ3n) is 9.46. The van der Waals surface area contributed by atoms with Crippen LogP contribution in [0.2, 0.25) is 0 Å². The van der Waals surface area contributed by atoms with E-state index in [-0.39, 0.29) is 28.4 Å². The van der Waals surface area contributed by atoms with Gasteiger partial charge in [-0.15, -0.1) is 0 Å². The topological polar surface area (TPSA) is 206 Å². The summed E-state index contributed by atoms with van der Waals surface area (Å²) in [7, 11) is -0.792. The van der Waals surface area contributed by atoms with E-state index in [9.17, 15) is 27.6 Å². The van der Waals surface area contributed by atoms with E-state index >= 15 is 0 Å². The van der Waals surface area contributed by atoms with Gasteiger partial charge in [-0.25, -0.2) is 18.2 Å². The molecule has 0 atom stereocenters. The lowest BCUT2D eigenvalue weighted by atomic mass is 9.86. The zero-order valence-electron chi connectivity index (χ0n) is 34.5. The Morgan fingerprint density at radius 3 is 2.33 bits per heavy atom. The smallest absolute Gasteiger partial charge is 0.323 e. The fourth-order valence-electron chi connectivity index (χ4n) is 6.49. The average molecular weight is 870 g/mol. The number of urea groups is 1. The standard InChI is InChI=1S/C43H47N7O9S2/c1-43(2,3)26-22-33(38(58-5)34(23-26)49-61(6,55)56)48-42(54)47-32-14-15-35(30-11-8-7-10-29(30)32)59-28-16-18-44-37(25-28)46-27-12-13-31(36(24-27)57-4)39(51)45-17-9-19-50-20-21-60-41(53)40(50)52/h7-8,10-16,18,22-25,49H,9,17,19-21H2,1-6H3,(H,44,46)(H,45,51)(H2,47,48,54). The highest BCUT2D eigenvalue weighted by Crippen LogP contribution is 2.40. The van der Waals surface area contributed by atoms with Crippen molar-refractivity contribution in [1.82, 2.24) is 15.2 Å². The van der Waals surface area contributed by atoms with Crippen molar-refractivity contribution in [3.05, 3.63) is 96.2 Å². The first-order valence-electron chi connectivity index (χ1n) is 19.2. The summed E-state index contributed by atoms with van der Waals surface area (Å²) in [5.74, 6) is 1.67. The fraction of sp³-hybridized carbons (Fsp3) is 0.279. The summed E-state index contributed by atoms with van der Waals surface area (Å²) in [6, 6.07) is 22.2. The summed E-state index contributed by atoms with van der Waals surface area (Å²) in [6.07, 6.45) is 3.13. The van der Waals surface area contributed by atoms with E-state index in [2.05, 4.69) is 31.0 Å². The Kier molecular flexibility index (Phi) is 13.6. The molecule has 5 aromatic rings. The Morgan fingerprint density at radius 1 is 0.869 bits per heavy atom. The van der Waals surface area contributed by atoms with Crippen LogP contribution in [0.15, 0.2) is 85.1 Å². The van der Waals surface area contributed by atoms with Gasteiger partial charge in [0.2, 0.25) is 10.0 Å². The number of hydrogen-bond acceptors (Lipinski definition) is 12. The van der Waals surface area contributed by atoms with E-state index in [1.54, 1.807) is 60.8 Å². The van der Waals surface area contributed by atoms with Crippen LogP contribution in [0, 0.1) is 0 Å². The van der Waals surface area contributed by atoms with Gasteiger partial charge >= 0.3 is 11.9 Å². The molecule has 4 aromatic carbocycles. The number of aromatic nitrogens is 1. The molecule has 1 saturated heterocycles. The van der Waals surface area contributed by atoms with Gasteiger partial charge in [0.25, 0.3) is 11.0 Å². The molecule has 0 saturated carbocycles. The van der Waals surface area contributed by atoms with E-state index in [1.165, 1.54) is 19.1 Å². The Morgan fingerprint density at radius 2 is 1.61 bits per heavy atom. The second-order valence-corrected chi connectivity index (χ2v) is 17.8. The van der Waals surface area contributed by atoms with E-state index in [4.69, 9.17) is 14.2 Å². The van der Waals surface area contributed by atoms with Crippen LogP contribution in [0.3, 0.4) is 0 Å². The third-order valence-corrected chi connectivity index (χ3v) is 10.9. The highest BCUT2D eigenvalue weighted by molar-refractivity contribution is 8.15. The van der Waals surface area contributed by atoms with E-state index < -0.39 is 27.1 Å². The minimum absolute atomic E-state index is 0.156. The van der Waals surface area contributed by atoms with Crippen LogP contribution >= 0.6 is 11.8 Å². The number of anilines is 5. The molecule has 0 spiro atoms. The number of hydrogen-bond donors (Lipinski definition) is 5. The van der Waals surface area contributed by atoms with Crippen molar-refractivity contribution < 1.29 is 41.8 Å². The predicted octanol–water partition coefficient (Wildman–Crippen LogP) is 7.32. The average Bonchev–Trinajstić information content (AvgIpc) is 3.21. The molecular weight excluding hydrogens is 823 g/mol. The van der Waals surface area contributed by atoms with Crippen molar-refractivity contribution >= 4 is 84.1 Å². The van der Waals surface area contributed by atoms with Crippen LogP contribution < -0.4 is 40.2 Å². The van der Waals surface area contributed by atoms with Crippen molar-refractivity contribution in [1.29, 1.82) is 0 Å². The van der Waals surface area contributed by atoms with E-state index in [0.29, 0.717) is 82.6 Å². The Balaban J connectivity index is 1.12. The first-order valence-corrected chi connectivity index (χ1v) is 22.0. The summed E-state index contributed by atoms with van der Waals surface area (Å²) in [5, 5.41) is 12.8. The normalized spacial score (nSPS) is 13.0. The molecule has 2 heterocycles. The summed E-state index contributed by atoms with van der Waals surface area (Å²) in [6.45, 7) is 7.11. The molecule has 0 bridgehead atoms. The molecule has 4 amide bonds. The number of ether oxygens (including phenoxy) is 3. The number of pyridine rings is 1. The maximum atomic E-state index is 13.5. The third kappa shape index (κ3) is 11.2. The maximum absolute atomic E-state index is 13.5. The highest BCUT2D eigenvalue weighted by Gasteiger charge is 2.27. The monoisotopic (exact) mass is 869 g/mol. The zero-order chi connectivity index (χ0) is 43.9. The summed E-state index contributed by atoms with van der Waals surface area (Å²) in [5.41, 5.74) is 2.29. The number of rotatable bonds is 15. The minimum Gasteiger partial charge on any atom is -0.496 e. The van der Waals surface area contributed by atoms with Crippen LogP contribution in [-0.4, -0.2) is 87.1 Å². The van der Waals surface area contributed by atoms with Gasteiger partial charge < -0.3 is 40.4 Å². The number of nitrogens with one attached hydrogen (secondary N) is 5. The molecule has 5 N–H and O–H groups in total. The van der Waals surface area contributed by atoms with Crippen molar-refractivity contribution in [2.75, 3.05) is 66.5 Å². The second-order valence-electron chi connectivity index (χ2n) is 15.0. The molecule has 0 aliphatic carbocycles. The summed E-state index contributed by atoms with van der Waals surface area (Å²) < 4.78 is 44.3. The maximum Gasteiger partial charge on any atom is 0.323 e. The molecule has 1 aliphatic heterocycles. The molecule has 320 valence electrons. The number of thioether (sulfide) groups is 1. The highest BCUT2D eigenvalue weighted by atomic mass is 32.2. The van der Waals surface area contributed by atoms with Gasteiger partial charge in [-0.2, -0.15) is 0 Å². The van der Waals surface area contributed by atoms with Crippen molar-refractivity contribution in [2.45, 2.75) is 32.6 Å². The Labute approximate surface area is 358 Å². The summed E-state index contributed by atoms with van der Waals surface area (Å²) in [4.78, 5) is 56.2. The molecule has 1 fully saturated rings. The number of sulfonamides is 1. The molecule has 1 aliphatic rings. The van der Waals surface area contributed by atoms with Crippen LogP contribution in [0.25, 0.3) is 10.8 Å². The van der Waals surface area contributed by atoms with Crippen LogP contribution in [0.5, 0.6) is 23.0 Å².